The summed E-state index contributed by atoms with van der Waals surface area (Å²) in [6.45, 7) is 4.22. The van der Waals surface area contributed by atoms with Gasteiger partial charge >= 0.3 is 0 Å². The van der Waals surface area contributed by atoms with Crippen molar-refractivity contribution in [3.63, 3.8) is 0 Å². The Morgan fingerprint density at radius 3 is 2.90 bits per heavy atom. The molecule has 0 amide bonds. The maximum Gasteiger partial charge on any atom is 0.125 e. The van der Waals surface area contributed by atoms with Crippen molar-refractivity contribution in [1.82, 2.24) is 14.5 Å². The van der Waals surface area contributed by atoms with Gasteiger partial charge in [-0.3, -0.25) is 0 Å². The van der Waals surface area contributed by atoms with Crippen LogP contribution in [0.25, 0.3) is 11.0 Å². The summed E-state index contributed by atoms with van der Waals surface area (Å²) in [5, 5.41) is 1.09. The van der Waals surface area contributed by atoms with Crippen molar-refractivity contribution in [1.29, 1.82) is 0 Å². The number of benzene rings is 1. The van der Waals surface area contributed by atoms with Crippen LogP contribution >= 0.6 is 45.5 Å². The number of hydrogen-bond acceptors (Lipinski definition) is 3. The average Bonchev–Trinajstić information content (AvgIpc) is 3.00. The second-order valence-electron chi connectivity index (χ2n) is 4.65. The van der Waals surface area contributed by atoms with Crippen LogP contribution in [0.4, 0.5) is 0 Å². The third-order valence-electron chi connectivity index (χ3n) is 3.23. The third kappa shape index (κ3) is 2.46. The van der Waals surface area contributed by atoms with E-state index in [0.29, 0.717) is 5.88 Å². The SMILES string of the molecule is Cc1cnc(C(C)n2c(CCl)nc3cc(I)ccc32)s1. The molecule has 3 rings (SSSR count). The van der Waals surface area contributed by atoms with Gasteiger partial charge in [-0.25, -0.2) is 9.97 Å². The van der Waals surface area contributed by atoms with E-state index < -0.39 is 0 Å². The summed E-state index contributed by atoms with van der Waals surface area (Å²) in [4.78, 5) is 10.4. The topological polar surface area (TPSA) is 30.7 Å². The maximum absolute atomic E-state index is 6.08. The number of hydrogen-bond donors (Lipinski definition) is 0. The Morgan fingerprint density at radius 1 is 1.45 bits per heavy atom. The molecule has 0 N–H and O–H groups in total. The molecule has 0 aliphatic heterocycles. The quantitative estimate of drug-likeness (QED) is 0.455. The minimum Gasteiger partial charge on any atom is -0.317 e. The van der Waals surface area contributed by atoms with Crippen LogP contribution in [0.3, 0.4) is 0 Å². The van der Waals surface area contributed by atoms with E-state index in [1.165, 1.54) is 8.45 Å². The zero-order valence-corrected chi connectivity index (χ0v) is 14.8. The second-order valence-corrected chi connectivity index (χ2v) is 7.43. The monoisotopic (exact) mass is 417 g/mol. The Bertz CT molecular complexity index is 765. The van der Waals surface area contributed by atoms with Crippen molar-refractivity contribution in [3.05, 3.63) is 43.7 Å². The first-order valence-corrected chi connectivity index (χ1v) is 8.67. The van der Waals surface area contributed by atoms with Crippen LogP contribution in [0, 0.1) is 10.5 Å². The van der Waals surface area contributed by atoms with E-state index in [0.717, 1.165) is 21.9 Å². The molecule has 1 atom stereocenters. The lowest BCUT2D eigenvalue weighted by molar-refractivity contribution is 0.630. The number of aromatic nitrogens is 3. The van der Waals surface area contributed by atoms with Crippen molar-refractivity contribution < 1.29 is 0 Å². The van der Waals surface area contributed by atoms with Crippen LogP contribution in [0.5, 0.6) is 0 Å². The summed E-state index contributed by atoms with van der Waals surface area (Å²) in [5.74, 6) is 1.30. The molecule has 0 spiro atoms. The molecule has 1 aromatic carbocycles. The van der Waals surface area contributed by atoms with Gasteiger partial charge < -0.3 is 4.57 Å². The maximum atomic E-state index is 6.08. The molecule has 2 heterocycles. The number of nitrogens with zero attached hydrogens (tertiary/aromatic N) is 3. The Labute approximate surface area is 140 Å². The molecule has 6 heteroatoms. The highest BCUT2D eigenvalue weighted by Gasteiger charge is 2.19. The number of halogens is 2. The van der Waals surface area contributed by atoms with Gasteiger partial charge in [0.2, 0.25) is 0 Å². The predicted molar refractivity (Wildman–Crippen MR) is 92.7 cm³/mol. The molecular formula is C14H13ClIN3S. The summed E-state index contributed by atoms with van der Waals surface area (Å²) in [7, 11) is 0. The molecule has 0 radical (unpaired) electrons. The summed E-state index contributed by atoms with van der Waals surface area (Å²) < 4.78 is 3.37. The molecule has 3 aromatic rings. The molecular weight excluding hydrogens is 405 g/mol. The summed E-state index contributed by atoms with van der Waals surface area (Å²) in [6, 6.07) is 6.44. The number of thiazole rings is 1. The molecule has 2 aromatic heterocycles. The van der Waals surface area contributed by atoms with E-state index in [1.807, 2.05) is 6.20 Å². The van der Waals surface area contributed by atoms with Crippen LogP contribution in [0.15, 0.2) is 24.4 Å². The first kappa shape index (κ1) is 14.3. The Morgan fingerprint density at radius 2 is 2.25 bits per heavy atom. The Hall–Kier alpha value is -0.660. The van der Waals surface area contributed by atoms with Crippen molar-refractivity contribution in [2.45, 2.75) is 25.8 Å². The van der Waals surface area contributed by atoms with E-state index in [9.17, 15) is 0 Å². The Kier molecular flexibility index (Phi) is 4.01. The number of alkyl halides is 1. The van der Waals surface area contributed by atoms with E-state index in [4.69, 9.17) is 11.6 Å². The van der Waals surface area contributed by atoms with Crippen LogP contribution < -0.4 is 0 Å². The first-order chi connectivity index (χ1) is 9.60. The third-order valence-corrected chi connectivity index (χ3v) is 5.22. The molecule has 20 heavy (non-hydrogen) atoms. The van der Waals surface area contributed by atoms with Crippen LogP contribution in [-0.4, -0.2) is 14.5 Å². The number of imidazole rings is 1. The van der Waals surface area contributed by atoms with Gasteiger partial charge in [0.1, 0.15) is 10.8 Å². The Balaban J connectivity index is 2.18. The molecule has 0 aliphatic rings. The van der Waals surface area contributed by atoms with Gasteiger partial charge in [-0.2, -0.15) is 0 Å². The highest BCUT2D eigenvalue weighted by Crippen LogP contribution is 2.29. The fourth-order valence-corrected chi connectivity index (χ4v) is 3.80. The van der Waals surface area contributed by atoms with Gasteiger partial charge in [0.05, 0.1) is 23.0 Å². The minimum absolute atomic E-state index is 0.146. The standard InChI is InChI=1S/C14H13ClIN3S/c1-8-7-17-14(20-8)9(2)19-12-4-3-10(16)5-11(12)18-13(19)6-15/h3-5,7,9H,6H2,1-2H3. The largest absolute Gasteiger partial charge is 0.317 e. The van der Waals surface area contributed by atoms with Crippen LogP contribution in [-0.2, 0) is 5.88 Å². The number of fused-ring (bicyclic) bond motifs is 1. The molecule has 3 nitrogen and oxygen atoms in total. The molecule has 0 saturated heterocycles. The van der Waals surface area contributed by atoms with E-state index in [-0.39, 0.29) is 6.04 Å². The molecule has 104 valence electrons. The number of aryl methyl sites for hydroxylation is 1. The van der Waals surface area contributed by atoms with Gasteiger partial charge in [-0.15, -0.1) is 22.9 Å². The van der Waals surface area contributed by atoms with Gasteiger partial charge in [0, 0.05) is 14.6 Å². The van der Waals surface area contributed by atoms with E-state index in [1.54, 1.807) is 11.3 Å². The van der Waals surface area contributed by atoms with Crippen molar-refractivity contribution in [2.75, 3.05) is 0 Å². The van der Waals surface area contributed by atoms with Crippen molar-refractivity contribution >= 4 is 56.6 Å². The van der Waals surface area contributed by atoms with Crippen LogP contribution in [0.1, 0.15) is 28.7 Å². The highest BCUT2D eigenvalue weighted by molar-refractivity contribution is 14.1. The normalized spacial score (nSPS) is 13.0. The van der Waals surface area contributed by atoms with Crippen molar-refractivity contribution in [3.8, 4) is 0 Å². The molecule has 0 fully saturated rings. The fraction of sp³-hybridized carbons (Fsp3) is 0.286. The zero-order valence-electron chi connectivity index (χ0n) is 11.1. The average molecular weight is 418 g/mol. The molecule has 0 bridgehead atoms. The smallest absolute Gasteiger partial charge is 0.125 e. The first-order valence-electron chi connectivity index (χ1n) is 6.25. The van der Waals surface area contributed by atoms with E-state index >= 15 is 0 Å². The second kappa shape index (κ2) is 5.61. The lowest BCUT2D eigenvalue weighted by atomic mass is 10.3. The van der Waals surface area contributed by atoms with Gasteiger partial charge in [-0.05, 0) is 54.6 Å². The molecule has 0 saturated carbocycles. The summed E-state index contributed by atoms with van der Waals surface area (Å²) in [5.41, 5.74) is 2.11. The lowest BCUT2D eigenvalue weighted by Crippen LogP contribution is -2.09. The van der Waals surface area contributed by atoms with Gasteiger partial charge in [-0.1, -0.05) is 0 Å². The fourth-order valence-electron chi connectivity index (χ4n) is 2.32. The van der Waals surface area contributed by atoms with Crippen molar-refractivity contribution in [2.24, 2.45) is 0 Å². The minimum atomic E-state index is 0.146. The van der Waals surface area contributed by atoms with E-state index in [2.05, 4.69) is 69.2 Å². The van der Waals surface area contributed by atoms with Crippen LogP contribution in [0.2, 0.25) is 0 Å². The lowest BCUT2D eigenvalue weighted by Gasteiger charge is -2.14. The number of rotatable bonds is 3. The highest BCUT2D eigenvalue weighted by atomic mass is 127. The summed E-state index contributed by atoms with van der Waals surface area (Å²) >= 11 is 10.1. The predicted octanol–water partition coefficient (Wildman–Crippen LogP) is 4.75. The zero-order chi connectivity index (χ0) is 14.3. The van der Waals surface area contributed by atoms with Gasteiger partial charge in [0.25, 0.3) is 0 Å². The summed E-state index contributed by atoms with van der Waals surface area (Å²) in [6.07, 6.45) is 1.92. The molecule has 0 aliphatic carbocycles. The molecule has 1 unspecified atom stereocenters. The van der Waals surface area contributed by atoms with Gasteiger partial charge in [0.15, 0.2) is 0 Å².